The molecule has 0 unspecified atom stereocenters. The van der Waals surface area contributed by atoms with E-state index in [1.807, 2.05) is 64.2 Å². The monoisotopic (exact) mass is 446 g/mol. The van der Waals surface area contributed by atoms with Crippen LogP contribution in [0.5, 0.6) is 0 Å². The third-order valence-electron chi connectivity index (χ3n) is 6.26. The van der Waals surface area contributed by atoms with Crippen molar-refractivity contribution in [2.45, 2.75) is 95.5 Å². The topological polar surface area (TPSA) is 71.0 Å². The van der Waals surface area contributed by atoms with Crippen LogP contribution in [0.4, 0.5) is 0 Å². The van der Waals surface area contributed by atoms with Crippen LogP contribution in [0.15, 0.2) is 35.4 Å². The highest BCUT2D eigenvalue weighted by Gasteiger charge is 2.62. The average Bonchev–Trinajstić information content (AvgIpc) is 3.44. The molecule has 176 valence electrons. The molecule has 8 heteroatoms. The second-order valence-corrected chi connectivity index (χ2v) is 9.82. The molecular formula is C24H34N2O6. The maximum atomic E-state index is 6.43. The third kappa shape index (κ3) is 4.71. The first-order chi connectivity index (χ1) is 15.3. The van der Waals surface area contributed by atoms with Gasteiger partial charge < -0.3 is 28.4 Å². The minimum atomic E-state index is -0.755. The van der Waals surface area contributed by atoms with Crippen LogP contribution in [-0.4, -0.2) is 72.7 Å². The number of hydrazone groups is 1. The normalized spacial score (nSPS) is 36.4. The Morgan fingerprint density at radius 3 is 2.38 bits per heavy atom. The lowest BCUT2D eigenvalue weighted by atomic mass is 9.95. The number of fused-ring (bicyclic) bond motifs is 3. The van der Waals surface area contributed by atoms with Gasteiger partial charge in [0.15, 0.2) is 17.9 Å². The van der Waals surface area contributed by atoms with Gasteiger partial charge in [-0.2, -0.15) is 5.10 Å². The molecule has 1 aromatic carbocycles. The van der Waals surface area contributed by atoms with Crippen molar-refractivity contribution in [2.75, 3.05) is 13.1 Å². The van der Waals surface area contributed by atoms with E-state index in [4.69, 9.17) is 33.5 Å². The van der Waals surface area contributed by atoms with Crippen LogP contribution in [0.25, 0.3) is 0 Å². The summed E-state index contributed by atoms with van der Waals surface area (Å²) in [6.45, 7) is 9.96. The van der Waals surface area contributed by atoms with Crippen molar-refractivity contribution < 1.29 is 28.4 Å². The highest BCUT2D eigenvalue weighted by molar-refractivity contribution is 5.64. The van der Waals surface area contributed by atoms with Crippen LogP contribution >= 0.6 is 0 Å². The summed E-state index contributed by atoms with van der Waals surface area (Å²) in [4.78, 5) is 0. The number of ether oxygens (including phenoxy) is 6. The fourth-order valence-corrected chi connectivity index (χ4v) is 4.87. The molecule has 0 spiro atoms. The van der Waals surface area contributed by atoms with Gasteiger partial charge in [0.2, 0.25) is 0 Å². The molecule has 0 radical (unpaired) electrons. The molecule has 32 heavy (non-hydrogen) atoms. The van der Waals surface area contributed by atoms with Crippen LogP contribution in [0.1, 0.15) is 46.1 Å². The van der Waals surface area contributed by atoms with E-state index in [1.54, 1.807) is 0 Å². The summed E-state index contributed by atoms with van der Waals surface area (Å²) in [6.07, 6.45) is 1.68. The highest BCUT2D eigenvalue weighted by Crippen LogP contribution is 2.45. The predicted molar refractivity (Wildman–Crippen MR) is 117 cm³/mol. The summed E-state index contributed by atoms with van der Waals surface area (Å²) in [5.41, 5.74) is 1.09. The number of nitrogens with zero attached hydrogens (tertiary/aromatic N) is 2. The largest absolute Gasteiger partial charge is 0.365 e. The van der Waals surface area contributed by atoms with Crippen LogP contribution in [-0.2, 0) is 35.0 Å². The van der Waals surface area contributed by atoms with Gasteiger partial charge in [0, 0.05) is 13.1 Å². The zero-order chi connectivity index (χ0) is 22.3. The van der Waals surface area contributed by atoms with Crippen LogP contribution in [0.2, 0.25) is 0 Å². The fourth-order valence-electron chi connectivity index (χ4n) is 4.87. The predicted octanol–water partition coefficient (Wildman–Crippen LogP) is 3.05. The molecule has 4 saturated heterocycles. The number of benzene rings is 1. The van der Waals surface area contributed by atoms with Gasteiger partial charge in [-0.3, -0.25) is 5.01 Å². The Balaban J connectivity index is 1.40. The Bertz CT molecular complexity index is 810. The second-order valence-electron chi connectivity index (χ2n) is 9.82. The maximum Gasteiger partial charge on any atom is 0.190 e. The van der Waals surface area contributed by atoms with Crippen molar-refractivity contribution in [1.29, 1.82) is 0 Å². The summed E-state index contributed by atoms with van der Waals surface area (Å²) in [5.74, 6) is -1.51. The highest BCUT2D eigenvalue weighted by atomic mass is 16.9. The van der Waals surface area contributed by atoms with Crippen molar-refractivity contribution in [2.24, 2.45) is 5.10 Å². The first-order valence-electron chi connectivity index (χ1n) is 11.6. The van der Waals surface area contributed by atoms with Gasteiger partial charge in [0.05, 0.1) is 12.8 Å². The number of hydrogen-bond acceptors (Lipinski definition) is 8. The fraction of sp³-hybridized carbons (Fsp3) is 0.708. The summed E-state index contributed by atoms with van der Waals surface area (Å²) in [5, 5.41) is 6.79. The van der Waals surface area contributed by atoms with E-state index in [0.29, 0.717) is 6.61 Å². The molecule has 4 aliphatic rings. The van der Waals surface area contributed by atoms with E-state index >= 15 is 0 Å². The Morgan fingerprint density at radius 2 is 1.62 bits per heavy atom. The van der Waals surface area contributed by atoms with Gasteiger partial charge in [0.25, 0.3) is 0 Å². The number of rotatable bonds is 6. The second kappa shape index (κ2) is 8.66. The van der Waals surface area contributed by atoms with Crippen LogP contribution < -0.4 is 0 Å². The smallest absolute Gasteiger partial charge is 0.190 e. The molecular weight excluding hydrogens is 412 g/mol. The molecule has 0 N–H and O–H groups in total. The summed E-state index contributed by atoms with van der Waals surface area (Å²) >= 11 is 0. The molecule has 4 heterocycles. The Morgan fingerprint density at radius 1 is 0.969 bits per heavy atom. The lowest BCUT2D eigenvalue weighted by molar-refractivity contribution is -0.250. The van der Waals surface area contributed by atoms with E-state index in [0.717, 1.165) is 31.5 Å². The number of hydrogen-bond donors (Lipinski definition) is 0. The van der Waals surface area contributed by atoms with E-state index in [2.05, 4.69) is 5.01 Å². The first kappa shape index (κ1) is 22.3. The minimum absolute atomic E-state index is 0.321. The van der Waals surface area contributed by atoms with Crippen molar-refractivity contribution in [3.8, 4) is 0 Å². The van der Waals surface area contributed by atoms with E-state index in [9.17, 15) is 0 Å². The zero-order valence-electron chi connectivity index (χ0n) is 19.3. The molecule has 6 atom stereocenters. The SMILES string of the molecule is CC1(C)O[C@@H]2[C@H](O1)[C@H]1OC(C)(C)O[C@H]1O[C@@H]2[C@@H](/C=N/N1CCCC1)OCc1ccccc1. The van der Waals surface area contributed by atoms with E-state index in [-0.39, 0.29) is 18.3 Å². The van der Waals surface area contributed by atoms with Gasteiger partial charge in [-0.1, -0.05) is 30.3 Å². The average molecular weight is 447 g/mol. The first-order valence-corrected chi connectivity index (χ1v) is 11.6. The Kier molecular flexibility index (Phi) is 6.03. The minimum Gasteiger partial charge on any atom is -0.365 e. The molecule has 5 rings (SSSR count). The van der Waals surface area contributed by atoms with Gasteiger partial charge >= 0.3 is 0 Å². The Hall–Kier alpha value is -1.55. The molecule has 1 aromatic rings. The summed E-state index contributed by atoms with van der Waals surface area (Å²) in [7, 11) is 0. The quantitative estimate of drug-likeness (QED) is 0.622. The van der Waals surface area contributed by atoms with Gasteiger partial charge in [0.1, 0.15) is 30.5 Å². The third-order valence-corrected chi connectivity index (χ3v) is 6.26. The lowest BCUT2D eigenvalue weighted by Crippen LogP contribution is -2.59. The molecule has 0 aliphatic carbocycles. The molecule has 0 bridgehead atoms. The molecule has 0 aromatic heterocycles. The lowest BCUT2D eigenvalue weighted by Gasteiger charge is -2.39. The van der Waals surface area contributed by atoms with E-state index in [1.165, 1.54) is 0 Å². The summed E-state index contributed by atoms with van der Waals surface area (Å²) < 4.78 is 37.6. The van der Waals surface area contributed by atoms with Gasteiger partial charge in [-0.05, 0) is 46.1 Å². The molecule has 4 aliphatic heterocycles. The summed E-state index contributed by atoms with van der Waals surface area (Å²) in [6, 6.07) is 10.1. The maximum absolute atomic E-state index is 6.43. The molecule has 0 amide bonds. The van der Waals surface area contributed by atoms with Crippen molar-refractivity contribution >= 4 is 6.21 Å². The Labute approximate surface area is 189 Å². The van der Waals surface area contributed by atoms with Crippen LogP contribution in [0, 0.1) is 0 Å². The standard InChI is InChI=1S/C24H34N2O6/c1-23(2)29-19-18(28-22-21(20(19)30-23)31-24(3,4)32-22)17(14-25-26-12-8-9-13-26)27-15-16-10-6-5-7-11-16/h5-7,10-11,14,17-22H,8-9,12-13,15H2,1-4H3/b25-14+/t17-,18-,19+,20+,21-,22-/m1/s1. The molecule has 0 saturated carbocycles. The van der Waals surface area contributed by atoms with Crippen molar-refractivity contribution in [3.63, 3.8) is 0 Å². The van der Waals surface area contributed by atoms with E-state index < -0.39 is 30.1 Å². The zero-order valence-corrected chi connectivity index (χ0v) is 19.3. The van der Waals surface area contributed by atoms with Crippen LogP contribution in [0.3, 0.4) is 0 Å². The van der Waals surface area contributed by atoms with Gasteiger partial charge in [-0.15, -0.1) is 0 Å². The molecule has 4 fully saturated rings. The van der Waals surface area contributed by atoms with Gasteiger partial charge in [-0.25, -0.2) is 0 Å². The van der Waals surface area contributed by atoms with Crippen molar-refractivity contribution in [1.82, 2.24) is 5.01 Å². The van der Waals surface area contributed by atoms with Crippen molar-refractivity contribution in [3.05, 3.63) is 35.9 Å². The molecule has 8 nitrogen and oxygen atoms in total.